The number of rotatable bonds is 8. The molecule has 0 aromatic heterocycles. The third kappa shape index (κ3) is 5.69. The van der Waals surface area contributed by atoms with Crippen molar-refractivity contribution in [3.63, 3.8) is 0 Å². The first-order valence-corrected chi connectivity index (χ1v) is 8.94. The molecule has 2 amide bonds. The quantitative estimate of drug-likeness (QED) is 0.751. The van der Waals surface area contributed by atoms with Crippen molar-refractivity contribution in [2.24, 2.45) is 0 Å². The van der Waals surface area contributed by atoms with Crippen molar-refractivity contribution >= 4 is 6.03 Å². The van der Waals surface area contributed by atoms with Crippen LogP contribution in [0.3, 0.4) is 0 Å². The van der Waals surface area contributed by atoms with E-state index < -0.39 is 0 Å². The summed E-state index contributed by atoms with van der Waals surface area (Å²) in [4.78, 5) is 12.2. The normalized spacial score (nSPS) is 11.5. The van der Waals surface area contributed by atoms with Crippen molar-refractivity contribution in [3.8, 4) is 11.5 Å². The first-order valence-electron chi connectivity index (χ1n) is 8.94. The van der Waals surface area contributed by atoms with Crippen LogP contribution in [0.25, 0.3) is 0 Å². The van der Waals surface area contributed by atoms with Crippen LogP contribution < -0.4 is 20.1 Å². The van der Waals surface area contributed by atoms with Gasteiger partial charge in [0.15, 0.2) is 0 Å². The van der Waals surface area contributed by atoms with Gasteiger partial charge < -0.3 is 20.1 Å². The maximum atomic E-state index is 12.2. The number of carbonyl (C=O) groups excluding carboxylic acids is 1. The van der Waals surface area contributed by atoms with Gasteiger partial charge in [-0.1, -0.05) is 29.8 Å². The van der Waals surface area contributed by atoms with E-state index in [9.17, 15) is 4.79 Å². The first kappa shape index (κ1) is 19.6. The summed E-state index contributed by atoms with van der Waals surface area (Å²) in [5.41, 5.74) is 3.24. The summed E-state index contributed by atoms with van der Waals surface area (Å²) < 4.78 is 10.9. The van der Waals surface area contributed by atoms with Gasteiger partial charge in [0.05, 0.1) is 19.8 Å². The molecular formula is C21H28N2O3. The van der Waals surface area contributed by atoms with Gasteiger partial charge in [0, 0.05) is 12.1 Å². The van der Waals surface area contributed by atoms with Crippen LogP contribution >= 0.6 is 0 Å². The molecule has 0 aliphatic carbocycles. The third-order valence-electron chi connectivity index (χ3n) is 4.11. The Morgan fingerprint density at radius 3 is 2.73 bits per heavy atom. The second-order valence-electron chi connectivity index (χ2n) is 6.20. The molecule has 0 bridgehead atoms. The van der Waals surface area contributed by atoms with Gasteiger partial charge in [0.25, 0.3) is 0 Å². The standard InChI is InChI=1S/C21H28N2O3/c1-5-26-20-10-9-15(2)13-19(20)16(3)23-21(24)22-12-11-17-7-6-8-18(14-17)25-4/h6-10,13-14,16H,5,11-12H2,1-4H3,(H2,22,23,24). The molecule has 2 aromatic carbocycles. The molecule has 0 spiro atoms. The fourth-order valence-corrected chi connectivity index (χ4v) is 2.77. The number of amides is 2. The lowest BCUT2D eigenvalue weighted by atomic mass is 10.0. The Kier molecular flexibility index (Phi) is 7.33. The second-order valence-corrected chi connectivity index (χ2v) is 6.20. The number of ether oxygens (including phenoxy) is 2. The van der Waals surface area contributed by atoms with Crippen LogP contribution in [0, 0.1) is 6.92 Å². The Morgan fingerprint density at radius 2 is 2.00 bits per heavy atom. The molecule has 2 rings (SSSR count). The lowest BCUT2D eigenvalue weighted by molar-refractivity contribution is 0.237. The Morgan fingerprint density at radius 1 is 1.19 bits per heavy atom. The first-order chi connectivity index (χ1) is 12.5. The smallest absolute Gasteiger partial charge is 0.315 e. The average molecular weight is 356 g/mol. The Hall–Kier alpha value is -2.69. The highest BCUT2D eigenvalue weighted by molar-refractivity contribution is 5.74. The SMILES string of the molecule is CCOc1ccc(C)cc1C(C)NC(=O)NCCc1cccc(OC)c1. The number of hydrogen-bond acceptors (Lipinski definition) is 3. The van der Waals surface area contributed by atoms with Gasteiger partial charge in [-0.2, -0.15) is 0 Å². The summed E-state index contributed by atoms with van der Waals surface area (Å²) in [6.07, 6.45) is 0.744. The molecule has 0 aliphatic rings. The van der Waals surface area contributed by atoms with Gasteiger partial charge in [-0.05, 0) is 51.0 Å². The Balaban J connectivity index is 1.88. The summed E-state index contributed by atoms with van der Waals surface area (Å²) in [6.45, 7) is 7.08. The van der Waals surface area contributed by atoms with Crippen LogP contribution in [0.1, 0.15) is 36.6 Å². The zero-order valence-corrected chi connectivity index (χ0v) is 16.0. The van der Waals surface area contributed by atoms with E-state index in [1.54, 1.807) is 7.11 Å². The lowest BCUT2D eigenvalue weighted by Crippen LogP contribution is -2.38. The minimum Gasteiger partial charge on any atom is -0.497 e. The molecule has 26 heavy (non-hydrogen) atoms. The molecule has 0 radical (unpaired) electrons. The molecule has 5 heteroatoms. The molecule has 0 aliphatic heterocycles. The van der Waals surface area contributed by atoms with E-state index in [0.717, 1.165) is 34.6 Å². The molecular weight excluding hydrogens is 328 g/mol. The Bertz CT molecular complexity index is 731. The zero-order valence-electron chi connectivity index (χ0n) is 16.0. The van der Waals surface area contributed by atoms with Crippen LogP contribution in [0.15, 0.2) is 42.5 Å². The molecule has 1 unspecified atom stereocenters. The molecule has 0 saturated carbocycles. The summed E-state index contributed by atoms with van der Waals surface area (Å²) in [5.74, 6) is 1.63. The monoisotopic (exact) mass is 356 g/mol. The predicted octanol–water partition coefficient (Wildman–Crippen LogP) is 4.01. The van der Waals surface area contributed by atoms with E-state index in [0.29, 0.717) is 13.2 Å². The molecule has 0 saturated heterocycles. The van der Waals surface area contributed by atoms with Gasteiger partial charge in [0.2, 0.25) is 0 Å². The minimum absolute atomic E-state index is 0.145. The van der Waals surface area contributed by atoms with Crippen molar-refractivity contribution in [1.82, 2.24) is 10.6 Å². The average Bonchev–Trinajstić information content (AvgIpc) is 2.63. The van der Waals surface area contributed by atoms with Crippen LogP contribution in [0.2, 0.25) is 0 Å². The topological polar surface area (TPSA) is 59.6 Å². The van der Waals surface area contributed by atoms with E-state index in [2.05, 4.69) is 10.6 Å². The number of benzene rings is 2. The van der Waals surface area contributed by atoms with Crippen molar-refractivity contribution in [2.45, 2.75) is 33.2 Å². The van der Waals surface area contributed by atoms with Crippen LogP contribution in [-0.4, -0.2) is 26.3 Å². The van der Waals surface area contributed by atoms with Crippen molar-refractivity contribution < 1.29 is 14.3 Å². The fourth-order valence-electron chi connectivity index (χ4n) is 2.77. The number of hydrogen-bond donors (Lipinski definition) is 2. The molecule has 0 fully saturated rings. The lowest BCUT2D eigenvalue weighted by Gasteiger charge is -2.19. The van der Waals surface area contributed by atoms with E-state index >= 15 is 0 Å². The molecule has 5 nitrogen and oxygen atoms in total. The van der Waals surface area contributed by atoms with Gasteiger partial charge in [-0.3, -0.25) is 0 Å². The highest BCUT2D eigenvalue weighted by Gasteiger charge is 2.14. The van der Waals surface area contributed by atoms with Gasteiger partial charge in [0.1, 0.15) is 11.5 Å². The summed E-state index contributed by atoms with van der Waals surface area (Å²) in [5, 5.41) is 5.88. The van der Waals surface area contributed by atoms with E-state index in [4.69, 9.17) is 9.47 Å². The van der Waals surface area contributed by atoms with E-state index in [-0.39, 0.29) is 12.1 Å². The summed E-state index contributed by atoms with van der Waals surface area (Å²) in [7, 11) is 1.65. The van der Waals surface area contributed by atoms with Crippen molar-refractivity contribution in [3.05, 3.63) is 59.2 Å². The van der Waals surface area contributed by atoms with Crippen molar-refractivity contribution in [1.29, 1.82) is 0 Å². The maximum absolute atomic E-state index is 12.2. The minimum atomic E-state index is -0.190. The fraction of sp³-hybridized carbons (Fsp3) is 0.381. The predicted molar refractivity (Wildman–Crippen MR) is 104 cm³/mol. The second kappa shape index (κ2) is 9.70. The summed E-state index contributed by atoms with van der Waals surface area (Å²) in [6, 6.07) is 13.5. The van der Waals surface area contributed by atoms with Crippen LogP contribution in [0.5, 0.6) is 11.5 Å². The maximum Gasteiger partial charge on any atom is 0.315 e. The molecule has 2 N–H and O–H groups in total. The largest absolute Gasteiger partial charge is 0.497 e. The molecule has 140 valence electrons. The number of methoxy groups -OCH3 is 1. The molecule has 0 heterocycles. The number of carbonyl (C=O) groups is 1. The Labute approximate surface area is 155 Å². The van der Waals surface area contributed by atoms with Crippen LogP contribution in [-0.2, 0) is 6.42 Å². The number of urea groups is 1. The van der Waals surface area contributed by atoms with Gasteiger partial charge in [-0.25, -0.2) is 4.79 Å². The number of nitrogens with one attached hydrogen (secondary N) is 2. The van der Waals surface area contributed by atoms with E-state index in [1.165, 1.54) is 0 Å². The van der Waals surface area contributed by atoms with Gasteiger partial charge in [-0.15, -0.1) is 0 Å². The molecule has 1 atom stereocenters. The zero-order chi connectivity index (χ0) is 18.9. The molecule has 2 aromatic rings. The summed E-state index contributed by atoms with van der Waals surface area (Å²) >= 11 is 0. The van der Waals surface area contributed by atoms with Crippen LogP contribution in [0.4, 0.5) is 4.79 Å². The van der Waals surface area contributed by atoms with Crippen molar-refractivity contribution in [2.75, 3.05) is 20.3 Å². The third-order valence-corrected chi connectivity index (χ3v) is 4.11. The van der Waals surface area contributed by atoms with E-state index in [1.807, 2.05) is 63.2 Å². The highest BCUT2D eigenvalue weighted by atomic mass is 16.5. The number of aryl methyl sites for hydroxylation is 1. The highest BCUT2D eigenvalue weighted by Crippen LogP contribution is 2.26. The van der Waals surface area contributed by atoms with Gasteiger partial charge >= 0.3 is 6.03 Å².